The topological polar surface area (TPSA) is 123 Å². The number of aliphatic hydroxyl groups excluding tert-OH is 2. The van der Waals surface area contributed by atoms with E-state index in [-0.39, 0.29) is 47.6 Å². The van der Waals surface area contributed by atoms with E-state index in [1.807, 2.05) is 0 Å². The lowest BCUT2D eigenvalue weighted by Crippen LogP contribution is -2.63. The van der Waals surface area contributed by atoms with Gasteiger partial charge in [-0.2, -0.15) is 0 Å². The number of hydrogen-bond donors (Lipinski definition) is 3. The maximum atomic E-state index is 12.9. The van der Waals surface area contributed by atoms with Crippen LogP contribution in [0.1, 0.15) is 78.1 Å². The first-order valence-electron chi connectivity index (χ1n) is 14.3. The Kier molecular flexibility index (Phi) is 6.39. The van der Waals surface area contributed by atoms with Crippen molar-refractivity contribution in [2.24, 2.45) is 34.5 Å². The van der Waals surface area contributed by atoms with Gasteiger partial charge >= 0.3 is 5.97 Å². The molecule has 0 aromatic rings. The second-order valence-electron chi connectivity index (χ2n) is 13.1. The number of fused-ring (bicyclic) bond motifs is 5. The van der Waals surface area contributed by atoms with E-state index in [0.29, 0.717) is 13.0 Å². The number of carbonyl (C=O) groups excluding carboxylic acids is 2. The van der Waals surface area contributed by atoms with Crippen molar-refractivity contribution >= 4 is 12.3 Å². The molecule has 5 fully saturated rings. The Labute approximate surface area is 218 Å². The molecule has 6 aliphatic rings. The molecular weight excluding hydrogens is 476 g/mol. The first-order chi connectivity index (χ1) is 17.6. The first-order valence-corrected chi connectivity index (χ1v) is 14.3. The number of esters is 1. The summed E-state index contributed by atoms with van der Waals surface area (Å²) in [5.74, 6) is 0.301. The maximum Gasteiger partial charge on any atom is 0.331 e. The van der Waals surface area contributed by atoms with E-state index in [9.17, 15) is 24.9 Å². The van der Waals surface area contributed by atoms with Crippen LogP contribution in [-0.4, -0.2) is 70.5 Å². The molecule has 1 saturated heterocycles. The van der Waals surface area contributed by atoms with Crippen LogP contribution in [0.15, 0.2) is 11.6 Å². The van der Waals surface area contributed by atoms with Gasteiger partial charge in [0.15, 0.2) is 6.29 Å². The summed E-state index contributed by atoms with van der Waals surface area (Å²) >= 11 is 0. The number of aliphatic hydroxyl groups is 3. The molecule has 0 amide bonds. The van der Waals surface area contributed by atoms with E-state index in [2.05, 4.69) is 6.92 Å². The lowest BCUT2D eigenvalue weighted by atomic mass is 9.43. The molecule has 8 nitrogen and oxygen atoms in total. The van der Waals surface area contributed by atoms with Crippen LogP contribution in [-0.2, 0) is 23.8 Å². The lowest BCUT2D eigenvalue weighted by molar-refractivity contribution is -0.269. The number of aldehydes is 1. The maximum absolute atomic E-state index is 12.9. The van der Waals surface area contributed by atoms with Crippen LogP contribution < -0.4 is 0 Å². The number of ether oxygens (including phenoxy) is 3. The largest absolute Gasteiger partial charge is 0.458 e. The summed E-state index contributed by atoms with van der Waals surface area (Å²) in [6.45, 7) is 4.28. The monoisotopic (exact) mass is 518 g/mol. The van der Waals surface area contributed by atoms with Crippen molar-refractivity contribution in [3.05, 3.63) is 11.6 Å². The molecule has 2 heterocycles. The minimum atomic E-state index is -0.903. The van der Waals surface area contributed by atoms with Crippen LogP contribution in [0.5, 0.6) is 0 Å². The Morgan fingerprint density at radius 1 is 1.05 bits per heavy atom. The summed E-state index contributed by atoms with van der Waals surface area (Å²) in [5, 5.41) is 32.5. The fourth-order valence-corrected chi connectivity index (χ4v) is 9.75. The smallest absolute Gasteiger partial charge is 0.331 e. The second-order valence-corrected chi connectivity index (χ2v) is 13.1. The predicted octanol–water partition coefficient (Wildman–Crippen LogP) is 2.66. The molecule has 0 aromatic carbocycles. The highest BCUT2D eigenvalue weighted by Gasteiger charge is 2.68. The molecule has 4 saturated carbocycles. The molecule has 37 heavy (non-hydrogen) atoms. The SMILES string of the molecule is C[C@H]1O[C@@H](O[C@H]2CC[C@@]3(C=O)[C@@H](CC[C@@H]4[C@@H]3CC[C@]3(C)[C@@H](C5=CC(=O)OC5)CC[C@]43O)C2)C[C@H](O)[C@@H]1O. The number of hydrogen-bond acceptors (Lipinski definition) is 8. The number of rotatable bonds is 4. The average Bonchev–Trinajstić information content (AvgIpc) is 3.42. The molecule has 0 aromatic heterocycles. The molecular formula is C29H42O8. The van der Waals surface area contributed by atoms with Gasteiger partial charge in [-0.3, -0.25) is 0 Å². The van der Waals surface area contributed by atoms with Crippen molar-refractivity contribution in [2.75, 3.05) is 6.61 Å². The Balaban J connectivity index is 1.18. The van der Waals surface area contributed by atoms with Gasteiger partial charge in [-0.05, 0) is 94.0 Å². The molecule has 0 radical (unpaired) electrons. The highest BCUT2D eigenvalue weighted by molar-refractivity contribution is 5.85. The minimum absolute atomic E-state index is 0.0473. The molecule has 4 aliphatic carbocycles. The van der Waals surface area contributed by atoms with Crippen molar-refractivity contribution in [3.63, 3.8) is 0 Å². The van der Waals surface area contributed by atoms with Crippen LogP contribution >= 0.6 is 0 Å². The summed E-state index contributed by atoms with van der Waals surface area (Å²) in [4.78, 5) is 24.7. The zero-order valence-electron chi connectivity index (χ0n) is 22.0. The van der Waals surface area contributed by atoms with E-state index in [4.69, 9.17) is 14.2 Å². The standard InChI is InChI=1S/C29H42O8/c1-16-26(33)23(31)13-25(36-16)37-19-5-9-28(15-30)18(12-19)3-4-22-21(28)6-8-27(2)20(7-10-29(22,27)34)17-11-24(32)35-14-17/h11,15-16,18-23,25-26,31,33-34H,3-10,12-14H2,1-2H3/t16-,18+,19+,20-,21+,22-,23+,25+,26-,27-,28-,29+/m1/s1. The summed E-state index contributed by atoms with van der Waals surface area (Å²) in [7, 11) is 0. The summed E-state index contributed by atoms with van der Waals surface area (Å²) in [6.07, 6.45) is 7.61. The third kappa shape index (κ3) is 3.80. The zero-order chi connectivity index (χ0) is 26.2. The fourth-order valence-electron chi connectivity index (χ4n) is 9.75. The molecule has 0 bridgehead atoms. The van der Waals surface area contributed by atoms with E-state index < -0.39 is 35.6 Å². The Bertz CT molecular complexity index is 954. The lowest BCUT2D eigenvalue weighted by Gasteiger charge is -2.63. The molecule has 206 valence electrons. The van der Waals surface area contributed by atoms with Crippen molar-refractivity contribution in [3.8, 4) is 0 Å². The third-order valence-electron chi connectivity index (χ3n) is 11.7. The number of carbonyl (C=O) groups is 2. The van der Waals surface area contributed by atoms with Crippen molar-refractivity contribution < 1.29 is 39.1 Å². The van der Waals surface area contributed by atoms with Crippen LogP contribution in [0.3, 0.4) is 0 Å². The summed E-state index contributed by atoms with van der Waals surface area (Å²) in [6, 6.07) is 0. The van der Waals surface area contributed by atoms with E-state index in [1.54, 1.807) is 13.0 Å². The molecule has 2 aliphatic heterocycles. The van der Waals surface area contributed by atoms with Crippen molar-refractivity contribution in [1.29, 1.82) is 0 Å². The normalized spacial score (nSPS) is 53.5. The fraction of sp³-hybridized carbons (Fsp3) is 0.862. The molecule has 12 atom stereocenters. The summed E-state index contributed by atoms with van der Waals surface area (Å²) < 4.78 is 17.3. The highest BCUT2D eigenvalue weighted by Crippen LogP contribution is 2.69. The zero-order valence-corrected chi connectivity index (χ0v) is 22.0. The van der Waals surface area contributed by atoms with Gasteiger partial charge in [-0.15, -0.1) is 0 Å². The Hall–Kier alpha value is -1.32. The van der Waals surface area contributed by atoms with Crippen LogP contribution in [0.2, 0.25) is 0 Å². The Morgan fingerprint density at radius 2 is 1.86 bits per heavy atom. The molecule has 8 heteroatoms. The highest BCUT2D eigenvalue weighted by atomic mass is 16.7. The van der Waals surface area contributed by atoms with E-state index >= 15 is 0 Å². The minimum Gasteiger partial charge on any atom is -0.458 e. The quantitative estimate of drug-likeness (QED) is 0.295. The van der Waals surface area contributed by atoms with Gasteiger partial charge in [0.1, 0.15) is 19.0 Å². The van der Waals surface area contributed by atoms with Gasteiger partial charge in [0.2, 0.25) is 0 Å². The van der Waals surface area contributed by atoms with Gasteiger partial charge in [0.25, 0.3) is 0 Å². The molecule has 0 unspecified atom stereocenters. The van der Waals surface area contributed by atoms with Crippen LogP contribution in [0.4, 0.5) is 0 Å². The summed E-state index contributed by atoms with van der Waals surface area (Å²) in [5.41, 5.74) is -0.578. The van der Waals surface area contributed by atoms with Crippen LogP contribution in [0.25, 0.3) is 0 Å². The van der Waals surface area contributed by atoms with Crippen LogP contribution in [0, 0.1) is 34.5 Å². The Morgan fingerprint density at radius 3 is 2.57 bits per heavy atom. The van der Waals surface area contributed by atoms with Crippen molar-refractivity contribution in [1.82, 2.24) is 0 Å². The predicted molar refractivity (Wildman–Crippen MR) is 132 cm³/mol. The van der Waals surface area contributed by atoms with Crippen molar-refractivity contribution in [2.45, 2.75) is 114 Å². The number of cyclic esters (lactones) is 1. The van der Waals surface area contributed by atoms with Gasteiger partial charge in [-0.1, -0.05) is 6.92 Å². The van der Waals surface area contributed by atoms with Gasteiger partial charge in [0, 0.05) is 23.3 Å². The molecule has 0 spiro atoms. The van der Waals surface area contributed by atoms with E-state index in [0.717, 1.165) is 56.9 Å². The van der Waals surface area contributed by atoms with Gasteiger partial charge < -0.3 is 34.3 Å². The molecule has 6 rings (SSSR count). The third-order valence-corrected chi connectivity index (χ3v) is 11.7. The first kappa shape index (κ1) is 25.9. The van der Waals surface area contributed by atoms with Gasteiger partial charge in [0.05, 0.1) is 23.9 Å². The molecule has 3 N–H and O–H groups in total. The van der Waals surface area contributed by atoms with E-state index in [1.165, 1.54) is 6.29 Å². The second kappa shape index (κ2) is 9.12. The average molecular weight is 519 g/mol. The van der Waals surface area contributed by atoms with Gasteiger partial charge in [-0.25, -0.2) is 4.79 Å².